The fraction of sp³-hybridized carbons (Fsp3) is 0.833. The van der Waals surface area contributed by atoms with E-state index in [2.05, 4.69) is 5.32 Å². The average molecular weight is 229 g/mol. The quantitative estimate of drug-likeness (QED) is 0.778. The van der Waals surface area contributed by atoms with Crippen molar-refractivity contribution >= 4 is 11.9 Å². The van der Waals surface area contributed by atoms with Crippen LogP contribution in [-0.4, -0.2) is 23.0 Å². The summed E-state index contributed by atoms with van der Waals surface area (Å²) in [6, 6.07) is -0.845. The van der Waals surface area contributed by atoms with Gasteiger partial charge >= 0.3 is 5.97 Å². The third-order valence-electron chi connectivity index (χ3n) is 2.11. The van der Waals surface area contributed by atoms with E-state index in [1.807, 2.05) is 20.8 Å². The molecule has 0 aliphatic heterocycles. The van der Waals surface area contributed by atoms with E-state index >= 15 is 0 Å². The SMILES string of the molecule is CC(C)(C)CC(=O)NC(C(=O)O)C(C)(C)C. The Morgan fingerprint density at radius 1 is 1.12 bits per heavy atom. The van der Waals surface area contributed by atoms with Crippen molar-refractivity contribution in [3.8, 4) is 0 Å². The van der Waals surface area contributed by atoms with Crippen molar-refractivity contribution in [2.45, 2.75) is 54.0 Å². The number of rotatable bonds is 3. The van der Waals surface area contributed by atoms with Gasteiger partial charge in [0.05, 0.1) is 0 Å². The summed E-state index contributed by atoms with van der Waals surface area (Å²) in [4.78, 5) is 22.7. The molecule has 0 aromatic rings. The summed E-state index contributed by atoms with van der Waals surface area (Å²) in [7, 11) is 0. The molecule has 0 radical (unpaired) electrons. The Bertz CT molecular complexity index is 271. The van der Waals surface area contributed by atoms with E-state index in [4.69, 9.17) is 5.11 Å². The number of hydrogen-bond acceptors (Lipinski definition) is 2. The number of nitrogens with one attached hydrogen (secondary N) is 1. The molecule has 94 valence electrons. The minimum Gasteiger partial charge on any atom is -0.480 e. The second-order valence-electron chi connectivity index (χ2n) is 6.44. The van der Waals surface area contributed by atoms with E-state index in [1.54, 1.807) is 20.8 Å². The number of hydrogen-bond donors (Lipinski definition) is 2. The number of amides is 1. The third-order valence-corrected chi connectivity index (χ3v) is 2.11. The van der Waals surface area contributed by atoms with Crippen LogP contribution in [0.15, 0.2) is 0 Å². The zero-order valence-electron chi connectivity index (χ0n) is 11.0. The van der Waals surface area contributed by atoms with Gasteiger partial charge < -0.3 is 10.4 Å². The molecule has 0 saturated heterocycles. The van der Waals surface area contributed by atoms with E-state index in [0.29, 0.717) is 6.42 Å². The maximum absolute atomic E-state index is 11.6. The van der Waals surface area contributed by atoms with Crippen molar-refractivity contribution in [1.29, 1.82) is 0 Å². The van der Waals surface area contributed by atoms with Gasteiger partial charge in [-0.3, -0.25) is 4.79 Å². The summed E-state index contributed by atoms with van der Waals surface area (Å²) in [5.74, 6) is -1.20. The molecular formula is C12H23NO3. The van der Waals surface area contributed by atoms with Crippen molar-refractivity contribution in [2.75, 3.05) is 0 Å². The number of carboxylic acids is 1. The lowest BCUT2D eigenvalue weighted by Gasteiger charge is -2.29. The highest BCUT2D eigenvalue weighted by molar-refractivity contribution is 5.84. The van der Waals surface area contributed by atoms with Crippen LogP contribution in [-0.2, 0) is 9.59 Å². The average Bonchev–Trinajstić information content (AvgIpc) is 1.93. The Morgan fingerprint density at radius 2 is 1.56 bits per heavy atom. The standard InChI is InChI=1S/C12H23NO3/c1-11(2,3)7-8(14)13-9(10(15)16)12(4,5)6/h9H,7H2,1-6H3,(H,13,14)(H,15,16). The van der Waals surface area contributed by atoms with Crippen LogP contribution in [0, 0.1) is 10.8 Å². The van der Waals surface area contributed by atoms with Crippen molar-refractivity contribution in [2.24, 2.45) is 10.8 Å². The largest absolute Gasteiger partial charge is 0.480 e. The lowest BCUT2D eigenvalue weighted by Crippen LogP contribution is -2.49. The summed E-state index contributed by atoms with van der Waals surface area (Å²) in [6.45, 7) is 11.2. The Morgan fingerprint density at radius 3 is 1.81 bits per heavy atom. The molecular weight excluding hydrogens is 206 g/mol. The summed E-state index contributed by atoms with van der Waals surface area (Å²) in [5.41, 5.74) is -0.621. The van der Waals surface area contributed by atoms with Gasteiger partial charge in [0.1, 0.15) is 6.04 Å². The van der Waals surface area contributed by atoms with Gasteiger partial charge in [0.15, 0.2) is 0 Å². The van der Waals surface area contributed by atoms with Gasteiger partial charge in [-0.05, 0) is 10.8 Å². The maximum atomic E-state index is 11.6. The van der Waals surface area contributed by atoms with Crippen LogP contribution in [0.1, 0.15) is 48.0 Å². The van der Waals surface area contributed by atoms with E-state index in [9.17, 15) is 9.59 Å². The third kappa shape index (κ3) is 5.73. The van der Waals surface area contributed by atoms with Crippen LogP contribution in [0.4, 0.5) is 0 Å². The molecule has 0 aromatic carbocycles. The molecule has 0 fully saturated rings. The van der Waals surface area contributed by atoms with Crippen LogP contribution >= 0.6 is 0 Å². The number of carbonyl (C=O) groups excluding carboxylic acids is 1. The Hall–Kier alpha value is -1.06. The van der Waals surface area contributed by atoms with Crippen LogP contribution in [0.5, 0.6) is 0 Å². The summed E-state index contributed by atoms with van der Waals surface area (Å²) in [6.07, 6.45) is 0.326. The van der Waals surface area contributed by atoms with Crippen molar-refractivity contribution < 1.29 is 14.7 Å². The number of carboxylic acid groups (broad SMARTS) is 1. The molecule has 0 bridgehead atoms. The van der Waals surface area contributed by atoms with Crippen LogP contribution in [0.2, 0.25) is 0 Å². The Kier molecular flexibility index (Phi) is 4.53. The molecule has 0 aromatic heterocycles. The monoisotopic (exact) mass is 229 g/mol. The van der Waals surface area contributed by atoms with Gasteiger partial charge in [0.25, 0.3) is 0 Å². The highest BCUT2D eigenvalue weighted by Crippen LogP contribution is 2.22. The number of aliphatic carboxylic acids is 1. The van der Waals surface area contributed by atoms with Gasteiger partial charge in [-0.1, -0.05) is 41.5 Å². The summed E-state index contributed by atoms with van der Waals surface area (Å²) >= 11 is 0. The number of carbonyl (C=O) groups is 2. The van der Waals surface area contributed by atoms with Crippen LogP contribution in [0.3, 0.4) is 0 Å². The minimum absolute atomic E-state index is 0.134. The lowest BCUT2D eigenvalue weighted by molar-refractivity contribution is -0.145. The zero-order chi connectivity index (χ0) is 13.1. The Labute approximate surface area is 97.4 Å². The second kappa shape index (κ2) is 4.85. The summed E-state index contributed by atoms with van der Waals surface area (Å²) < 4.78 is 0. The fourth-order valence-corrected chi connectivity index (χ4v) is 1.34. The van der Waals surface area contributed by atoms with Crippen molar-refractivity contribution in [1.82, 2.24) is 5.32 Å². The molecule has 1 atom stereocenters. The smallest absolute Gasteiger partial charge is 0.326 e. The summed E-state index contributed by atoms with van der Waals surface area (Å²) in [5, 5.41) is 11.6. The first-order valence-electron chi connectivity index (χ1n) is 5.45. The predicted octanol–water partition coefficient (Wildman–Crippen LogP) is 2.04. The molecule has 0 heterocycles. The first kappa shape index (κ1) is 14.9. The van der Waals surface area contributed by atoms with Gasteiger partial charge in [-0.2, -0.15) is 0 Å². The van der Waals surface area contributed by atoms with Gasteiger partial charge in [0.2, 0.25) is 5.91 Å². The molecule has 0 rings (SSSR count). The van der Waals surface area contributed by atoms with Crippen molar-refractivity contribution in [3.05, 3.63) is 0 Å². The van der Waals surface area contributed by atoms with Crippen LogP contribution in [0.25, 0.3) is 0 Å². The highest BCUT2D eigenvalue weighted by Gasteiger charge is 2.33. The van der Waals surface area contributed by atoms with Gasteiger partial charge in [-0.15, -0.1) is 0 Å². The van der Waals surface area contributed by atoms with Gasteiger partial charge in [0, 0.05) is 6.42 Å². The van der Waals surface area contributed by atoms with E-state index in [1.165, 1.54) is 0 Å². The Balaban J connectivity index is 4.56. The minimum atomic E-state index is -0.991. The van der Waals surface area contributed by atoms with E-state index in [-0.39, 0.29) is 11.3 Å². The molecule has 1 unspecified atom stereocenters. The molecule has 1 amide bonds. The maximum Gasteiger partial charge on any atom is 0.326 e. The van der Waals surface area contributed by atoms with E-state index in [0.717, 1.165) is 0 Å². The second-order valence-corrected chi connectivity index (χ2v) is 6.44. The van der Waals surface area contributed by atoms with Crippen molar-refractivity contribution in [3.63, 3.8) is 0 Å². The molecule has 0 spiro atoms. The predicted molar refractivity (Wildman–Crippen MR) is 63.1 cm³/mol. The fourth-order valence-electron chi connectivity index (χ4n) is 1.34. The van der Waals surface area contributed by atoms with E-state index < -0.39 is 17.4 Å². The molecule has 2 N–H and O–H groups in total. The molecule has 0 aliphatic rings. The van der Waals surface area contributed by atoms with Crippen LogP contribution < -0.4 is 5.32 Å². The first-order chi connectivity index (χ1) is 6.93. The lowest BCUT2D eigenvalue weighted by atomic mass is 9.86. The normalized spacial score (nSPS) is 14.4. The molecule has 4 nitrogen and oxygen atoms in total. The van der Waals surface area contributed by atoms with Gasteiger partial charge in [-0.25, -0.2) is 4.79 Å². The molecule has 16 heavy (non-hydrogen) atoms. The molecule has 0 aliphatic carbocycles. The zero-order valence-corrected chi connectivity index (χ0v) is 11.0. The first-order valence-corrected chi connectivity index (χ1v) is 5.45. The molecule has 0 saturated carbocycles. The highest BCUT2D eigenvalue weighted by atomic mass is 16.4. The topological polar surface area (TPSA) is 66.4 Å². The molecule has 4 heteroatoms.